The van der Waals surface area contributed by atoms with Gasteiger partial charge in [-0.25, -0.2) is 0 Å². The van der Waals surface area contributed by atoms with Crippen LogP contribution in [0, 0.1) is 0 Å². The van der Waals surface area contributed by atoms with Crippen LogP contribution >= 0.6 is 27.5 Å². The highest BCUT2D eigenvalue weighted by Gasteiger charge is 2.52. The molecule has 0 saturated carbocycles. The number of hydrogen-bond donors (Lipinski definition) is 4. The molecule has 2 heterocycles. The summed E-state index contributed by atoms with van der Waals surface area (Å²) in [5, 5.41) is 31.4. The van der Waals surface area contributed by atoms with Gasteiger partial charge >= 0.3 is 0 Å². The number of hydrogen-bond acceptors (Lipinski definition) is 4. The fourth-order valence-electron chi connectivity index (χ4n) is 6.94. The Balaban J connectivity index is 1.66. The zero-order valence-corrected chi connectivity index (χ0v) is 26.7. The fourth-order valence-corrected chi connectivity index (χ4v) is 7.55. The van der Waals surface area contributed by atoms with Crippen LogP contribution in [-0.4, -0.2) is 51.2 Å². The number of benzene rings is 4. The first kappa shape index (κ1) is 30.6. The second-order valence-electron chi connectivity index (χ2n) is 11.2. The van der Waals surface area contributed by atoms with Gasteiger partial charge in [-0.3, -0.25) is 0 Å². The number of halogens is 2. The Hall–Kier alpha value is -3.43. The van der Waals surface area contributed by atoms with E-state index in [1.807, 2.05) is 110 Å². The number of rotatable bonds is 11. The Bertz CT molecular complexity index is 1890. The highest BCUT2D eigenvalue weighted by atomic mass is 79.9. The van der Waals surface area contributed by atoms with Gasteiger partial charge in [-0.15, -0.1) is 0 Å². The van der Waals surface area contributed by atoms with Crippen LogP contribution in [-0.2, 0) is 5.54 Å². The summed E-state index contributed by atoms with van der Waals surface area (Å²) in [5.74, 6) is 0. The maximum absolute atomic E-state index is 12.9. The first-order valence-corrected chi connectivity index (χ1v) is 15.9. The summed E-state index contributed by atoms with van der Waals surface area (Å²) in [6, 6.07) is 34.6. The molecule has 0 aliphatic heterocycles. The molecule has 0 aliphatic carbocycles. The second-order valence-corrected chi connectivity index (χ2v) is 12.6. The first-order chi connectivity index (χ1) is 21.4. The minimum Gasteiger partial charge on any atom is -0.390 e. The maximum Gasteiger partial charge on any atom is 0.113 e. The molecule has 8 heteroatoms. The normalized spacial score (nSPS) is 16.0. The summed E-state index contributed by atoms with van der Waals surface area (Å²) >= 11 is 10.3. The number of aliphatic hydroxyl groups is 2. The molecule has 0 spiro atoms. The van der Waals surface area contributed by atoms with Crippen molar-refractivity contribution < 1.29 is 10.2 Å². The van der Waals surface area contributed by atoms with Crippen LogP contribution in [0.4, 0.5) is 0 Å². The van der Waals surface area contributed by atoms with Crippen LogP contribution in [0.15, 0.2) is 126 Å². The molecule has 5 atom stereocenters. The molecule has 5 unspecified atom stereocenters. The van der Waals surface area contributed by atoms with Gasteiger partial charge in [-0.1, -0.05) is 88.2 Å². The maximum atomic E-state index is 12.9. The Labute approximate surface area is 270 Å². The van der Waals surface area contributed by atoms with E-state index < -0.39 is 29.8 Å². The van der Waals surface area contributed by atoms with E-state index in [0.29, 0.717) is 5.02 Å². The number of nitrogens with zero attached hydrogens (tertiary/aromatic N) is 2. The van der Waals surface area contributed by atoms with Gasteiger partial charge in [0.1, 0.15) is 5.54 Å². The van der Waals surface area contributed by atoms with E-state index in [1.165, 1.54) is 0 Å². The summed E-state index contributed by atoms with van der Waals surface area (Å²) in [6.07, 6.45) is 2.24. The van der Waals surface area contributed by atoms with Gasteiger partial charge in [0.15, 0.2) is 0 Å². The lowest BCUT2D eigenvalue weighted by Crippen LogP contribution is -2.64. The Morgan fingerprint density at radius 1 is 0.841 bits per heavy atom. The number of fused-ring (bicyclic) bond motifs is 2. The van der Waals surface area contributed by atoms with Gasteiger partial charge in [-0.2, -0.15) is 0 Å². The molecule has 0 bridgehead atoms. The SMILES string of the molecule is CNC(C(O)C(c1cccc(Br)c1)n1ccc2ccccc21)C(c1cccc(Cl)c1)(C(O)CCN)n1ccc2ccccc21. The predicted octanol–water partition coefficient (Wildman–Crippen LogP) is 6.70. The van der Waals surface area contributed by atoms with Crippen LogP contribution in [0.2, 0.25) is 5.02 Å². The van der Waals surface area contributed by atoms with Crippen LogP contribution in [0.5, 0.6) is 0 Å². The average molecular weight is 672 g/mol. The summed E-state index contributed by atoms with van der Waals surface area (Å²) in [5.41, 5.74) is 8.50. The molecule has 0 fully saturated rings. The minimum absolute atomic E-state index is 0.256. The molecule has 6 nitrogen and oxygen atoms in total. The topological polar surface area (TPSA) is 88.4 Å². The molecule has 226 valence electrons. The molecule has 6 rings (SSSR count). The number of aromatic nitrogens is 2. The van der Waals surface area contributed by atoms with E-state index in [0.717, 1.165) is 37.4 Å². The molecular formula is C36H36BrClN4O2. The van der Waals surface area contributed by atoms with E-state index in [4.69, 9.17) is 17.3 Å². The summed E-state index contributed by atoms with van der Waals surface area (Å²) < 4.78 is 5.12. The highest BCUT2D eigenvalue weighted by Crippen LogP contribution is 2.43. The minimum atomic E-state index is -1.23. The molecule has 0 aliphatic rings. The quantitative estimate of drug-likeness (QED) is 0.123. The smallest absolute Gasteiger partial charge is 0.113 e. The summed E-state index contributed by atoms with van der Waals surface area (Å²) in [7, 11) is 1.83. The molecule has 0 amide bonds. The van der Waals surface area contributed by atoms with Gasteiger partial charge in [0.2, 0.25) is 0 Å². The molecule has 5 N–H and O–H groups in total. The third-order valence-electron chi connectivity index (χ3n) is 8.80. The van der Waals surface area contributed by atoms with E-state index >= 15 is 0 Å². The number of nitrogens with one attached hydrogen (secondary N) is 1. The second kappa shape index (κ2) is 12.9. The van der Waals surface area contributed by atoms with Crippen molar-refractivity contribution in [3.8, 4) is 0 Å². The van der Waals surface area contributed by atoms with Crippen molar-refractivity contribution in [2.45, 2.75) is 36.3 Å². The molecule has 6 aromatic rings. The standard InChI is InChI=1S/C36H36BrClN4O2/c1-40-35(34(44)33(26-10-6-12-28(37)22-26)41-20-17-24-8-2-4-14-30(24)41)36(32(43)16-19-39,27-11-7-13-29(38)23-27)42-21-18-25-9-3-5-15-31(25)42/h2-15,17-18,20-23,32-35,40,43-44H,16,19,39H2,1H3. The predicted molar refractivity (Wildman–Crippen MR) is 183 cm³/mol. The Kier molecular flexibility index (Phi) is 8.96. The van der Waals surface area contributed by atoms with Crippen molar-refractivity contribution in [1.29, 1.82) is 0 Å². The van der Waals surface area contributed by atoms with E-state index in [1.54, 1.807) is 0 Å². The average Bonchev–Trinajstić information content (AvgIpc) is 3.65. The van der Waals surface area contributed by atoms with Gasteiger partial charge < -0.3 is 30.4 Å². The molecule has 2 aromatic heterocycles. The third-order valence-corrected chi connectivity index (χ3v) is 9.53. The zero-order chi connectivity index (χ0) is 30.8. The zero-order valence-electron chi connectivity index (χ0n) is 24.4. The van der Waals surface area contributed by atoms with Gasteiger partial charge in [0.25, 0.3) is 0 Å². The van der Waals surface area contributed by atoms with Crippen molar-refractivity contribution in [2.75, 3.05) is 13.6 Å². The van der Waals surface area contributed by atoms with Crippen LogP contribution in [0.25, 0.3) is 21.8 Å². The lowest BCUT2D eigenvalue weighted by molar-refractivity contribution is -0.0222. The number of para-hydroxylation sites is 2. The van der Waals surface area contributed by atoms with Gasteiger partial charge in [-0.05, 0) is 90.4 Å². The van der Waals surface area contributed by atoms with E-state index in [9.17, 15) is 10.2 Å². The van der Waals surface area contributed by atoms with Crippen molar-refractivity contribution in [2.24, 2.45) is 5.73 Å². The third kappa shape index (κ3) is 5.28. The van der Waals surface area contributed by atoms with Gasteiger partial charge in [0, 0.05) is 32.9 Å². The summed E-state index contributed by atoms with van der Waals surface area (Å²) in [4.78, 5) is 0. The van der Waals surface area contributed by atoms with Crippen LogP contribution < -0.4 is 11.1 Å². The summed E-state index contributed by atoms with van der Waals surface area (Å²) in [6.45, 7) is 0.256. The highest BCUT2D eigenvalue weighted by molar-refractivity contribution is 9.10. The number of nitrogens with two attached hydrogens (primary N) is 1. The fraction of sp³-hybridized carbons (Fsp3) is 0.222. The lowest BCUT2D eigenvalue weighted by Gasteiger charge is -2.49. The van der Waals surface area contributed by atoms with E-state index in [2.05, 4.69) is 48.6 Å². The van der Waals surface area contributed by atoms with E-state index in [-0.39, 0.29) is 13.0 Å². The molecule has 44 heavy (non-hydrogen) atoms. The molecule has 0 saturated heterocycles. The van der Waals surface area contributed by atoms with Gasteiger partial charge in [0.05, 0.1) is 24.3 Å². The lowest BCUT2D eigenvalue weighted by atomic mass is 9.72. The van der Waals surface area contributed by atoms with Crippen molar-refractivity contribution >= 4 is 49.3 Å². The van der Waals surface area contributed by atoms with Crippen molar-refractivity contribution in [1.82, 2.24) is 14.5 Å². The number of likely N-dealkylation sites (N-methyl/N-ethyl adjacent to an activating group) is 1. The van der Waals surface area contributed by atoms with Crippen molar-refractivity contribution in [3.63, 3.8) is 0 Å². The Morgan fingerprint density at radius 3 is 2.23 bits per heavy atom. The molecular weight excluding hydrogens is 636 g/mol. The largest absolute Gasteiger partial charge is 0.390 e. The molecule has 4 aromatic carbocycles. The first-order valence-electron chi connectivity index (χ1n) is 14.8. The number of aliphatic hydroxyl groups excluding tert-OH is 2. The van der Waals surface area contributed by atoms with Crippen molar-refractivity contribution in [3.05, 3.63) is 142 Å². The monoisotopic (exact) mass is 670 g/mol. The van der Waals surface area contributed by atoms with Crippen LogP contribution in [0.3, 0.4) is 0 Å². The van der Waals surface area contributed by atoms with Crippen LogP contribution in [0.1, 0.15) is 23.6 Å². The molecule has 0 radical (unpaired) electrons. The Morgan fingerprint density at radius 2 is 1.52 bits per heavy atom.